The largest absolute Gasteiger partial charge is 0.495 e. The van der Waals surface area contributed by atoms with Crippen LogP contribution in [0, 0.1) is 0 Å². The number of amides is 2. The number of carbonyl (C=O) groups is 2. The molecule has 2 amide bonds. The molecule has 5 nitrogen and oxygen atoms in total. The molecule has 2 rings (SSSR count). The Hall–Kier alpha value is -2.04. The molecule has 1 aliphatic heterocycles. The van der Waals surface area contributed by atoms with Gasteiger partial charge in [0.05, 0.1) is 12.8 Å². The van der Waals surface area contributed by atoms with E-state index in [1.165, 1.54) is 19.8 Å². The number of hydrogen-bond acceptors (Lipinski definition) is 3. The van der Waals surface area contributed by atoms with Gasteiger partial charge in [0, 0.05) is 33.0 Å². The first-order valence-electron chi connectivity index (χ1n) is 8.32. The summed E-state index contributed by atoms with van der Waals surface area (Å²) in [4.78, 5) is 28.0. The number of para-hydroxylation sites is 2. The molecule has 5 heteroatoms. The Bertz CT molecular complexity index is 537. The number of likely N-dealkylation sites (tertiary alicyclic amines) is 1. The lowest BCUT2D eigenvalue weighted by atomic mass is 10.2. The van der Waals surface area contributed by atoms with E-state index in [4.69, 9.17) is 4.74 Å². The van der Waals surface area contributed by atoms with Crippen molar-refractivity contribution >= 4 is 17.5 Å². The minimum atomic E-state index is -0.0850. The molecule has 23 heavy (non-hydrogen) atoms. The minimum absolute atomic E-state index is 0.0850. The summed E-state index contributed by atoms with van der Waals surface area (Å²) in [6.45, 7) is 3.58. The van der Waals surface area contributed by atoms with Gasteiger partial charge >= 0.3 is 0 Å². The number of rotatable bonds is 5. The van der Waals surface area contributed by atoms with Crippen LogP contribution in [0.3, 0.4) is 0 Å². The smallest absolute Gasteiger partial charge is 0.224 e. The van der Waals surface area contributed by atoms with E-state index in [1.807, 2.05) is 29.2 Å². The average Bonchev–Trinajstić information content (AvgIpc) is 2.84. The highest BCUT2D eigenvalue weighted by molar-refractivity contribution is 5.93. The topological polar surface area (TPSA) is 49.9 Å². The highest BCUT2D eigenvalue weighted by Gasteiger charge is 2.20. The summed E-state index contributed by atoms with van der Waals surface area (Å²) in [5, 5.41) is 0. The Morgan fingerprint density at radius 1 is 1.13 bits per heavy atom. The Labute approximate surface area is 138 Å². The summed E-state index contributed by atoms with van der Waals surface area (Å²) in [7, 11) is 1.58. The van der Waals surface area contributed by atoms with Gasteiger partial charge in [-0.25, -0.2) is 0 Å². The van der Waals surface area contributed by atoms with Crippen molar-refractivity contribution in [3.8, 4) is 5.75 Å². The molecule has 1 aromatic carbocycles. The summed E-state index contributed by atoms with van der Waals surface area (Å²) >= 11 is 0. The molecule has 1 aliphatic rings. The monoisotopic (exact) mass is 318 g/mol. The molecule has 1 fully saturated rings. The Kier molecular flexibility index (Phi) is 6.44. The lowest BCUT2D eigenvalue weighted by Gasteiger charge is -2.25. The number of ether oxygens (including phenoxy) is 1. The molecule has 0 unspecified atom stereocenters. The van der Waals surface area contributed by atoms with E-state index >= 15 is 0 Å². The second-order valence-corrected chi connectivity index (χ2v) is 5.89. The predicted octanol–water partition coefficient (Wildman–Crippen LogP) is 2.84. The molecule has 0 radical (unpaired) electrons. The van der Waals surface area contributed by atoms with Crippen molar-refractivity contribution < 1.29 is 14.3 Å². The molecule has 126 valence electrons. The normalized spacial score (nSPS) is 15.0. The van der Waals surface area contributed by atoms with Gasteiger partial charge in [-0.1, -0.05) is 25.0 Å². The van der Waals surface area contributed by atoms with Gasteiger partial charge in [-0.05, 0) is 25.0 Å². The van der Waals surface area contributed by atoms with Gasteiger partial charge in [0.1, 0.15) is 5.75 Å². The fourth-order valence-electron chi connectivity index (χ4n) is 2.99. The molecule has 0 spiro atoms. The molecule has 0 bridgehead atoms. The van der Waals surface area contributed by atoms with Crippen LogP contribution in [-0.4, -0.2) is 43.5 Å². The van der Waals surface area contributed by atoms with Gasteiger partial charge in [-0.3, -0.25) is 9.59 Å². The predicted molar refractivity (Wildman–Crippen MR) is 90.7 cm³/mol. The van der Waals surface area contributed by atoms with E-state index in [0.717, 1.165) is 25.9 Å². The quantitative estimate of drug-likeness (QED) is 0.839. The maximum absolute atomic E-state index is 12.4. The molecular weight excluding hydrogens is 292 g/mol. The molecule has 0 atom stereocenters. The van der Waals surface area contributed by atoms with Crippen molar-refractivity contribution in [3.63, 3.8) is 0 Å². The zero-order chi connectivity index (χ0) is 16.7. The Morgan fingerprint density at radius 3 is 2.39 bits per heavy atom. The Balaban J connectivity index is 2.02. The number of benzene rings is 1. The lowest BCUT2D eigenvalue weighted by molar-refractivity contribution is -0.131. The molecule has 0 aromatic heterocycles. The second-order valence-electron chi connectivity index (χ2n) is 5.89. The van der Waals surface area contributed by atoms with Gasteiger partial charge in [0.25, 0.3) is 0 Å². The van der Waals surface area contributed by atoms with Crippen molar-refractivity contribution in [2.75, 3.05) is 31.6 Å². The highest BCUT2D eigenvalue weighted by atomic mass is 16.5. The van der Waals surface area contributed by atoms with Crippen LogP contribution in [0.15, 0.2) is 24.3 Å². The van der Waals surface area contributed by atoms with Gasteiger partial charge in [-0.2, -0.15) is 0 Å². The first-order valence-corrected chi connectivity index (χ1v) is 8.32. The molecular formula is C18H26N2O3. The van der Waals surface area contributed by atoms with Gasteiger partial charge < -0.3 is 14.5 Å². The number of anilines is 1. The summed E-state index contributed by atoms with van der Waals surface area (Å²) < 4.78 is 5.33. The van der Waals surface area contributed by atoms with Crippen molar-refractivity contribution in [2.24, 2.45) is 0 Å². The van der Waals surface area contributed by atoms with Crippen molar-refractivity contribution in [1.29, 1.82) is 0 Å². The van der Waals surface area contributed by atoms with Gasteiger partial charge in [0.15, 0.2) is 0 Å². The first kappa shape index (κ1) is 17.3. The average molecular weight is 318 g/mol. The number of nitrogens with zero attached hydrogens (tertiary/aromatic N) is 2. The first-order chi connectivity index (χ1) is 11.1. The summed E-state index contributed by atoms with van der Waals surface area (Å²) in [6, 6.07) is 7.39. The van der Waals surface area contributed by atoms with Crippen molar-refractivity contribution in [1.82, 2.24) is 4.90 Å². The van der Waals surface area contributed by atoms with E-state index in [0.29, 0.717) is 24.4 Å². The molecule has 0 aliphatic carbocycles. The maximum Gasteiger partial charge on any atom is 0.224 e. The maximum atomic E-state index is 12.4. The van der Waals surface area contributed by atoms with Crippen LogP contribution in [0.4, 0.5) is 5.69 Å². The summed E-state index contributed by atoms with van der Waals surface area (Å²) in [5.41, 5.74) is 0.714. The second kappa shape index (κ2) is 8.56. The van der Waals surface area contributed by atoms with Crippen molar-refractivity contribution in [2.45, 2.75) is 39.0 Å². The van der Waals surface area contributed by atoms with E-state index in [-0.39, 0.29) is 11.8 Å². The number of carbonyl (C=O) groups excluding carboxylic acids is 2. The molecule has 0 saturated carbocycles. The molecule has 1 saturated heterocycles. The summed E-state index contributed by atoms with van der Waals surface area (Å²) in [6.07, 6.45) is 4.90. The van der Waals surface area contributed by atoms with Crippen LogP contribution in [-0.2, 0) is 9.59 Å². The zero-order valence-electron chi connectivity index (χ0n) is 14.1. The Morgan fingerprint density at radius 2 is 1.78 bits per heavy atom. The zero-order valence-corrected chi connectivity index (χ0v) is 14.1. The molecule has 1 aromatic rings. The minimum Gasteiger partial charge on any atom is -0.495 e. The fraction of sp³-hybridized carbons (Fsp3) is 0.556. The van der Waals surface area contributed by atoms with Crippen molar-refractivity contribution in [3.05, 3.63) is 24.3 Å². The van der Waals surface area contributed by atoms with E-state index in [9.17, 15) is 9.59 Å². The van der Waals surface area contributed by atoms with E-state index in [1.54, 1.807) is 12.0 Å². The number of methoxy groups -OCH3 is 1. The summed E-state index contributed by atoms with van der Waals surface area (Å²) in [5.74, 6) is 0.691. The standard InChI is InChI=1S/C18H26N2O3/c1-15(21)20(16-9-5-6-10-17(16)23-2)14-11-18(22)19-12-7-3-4-8-13-19/h5-6,9-10H,3-4,7-8,11-14H2,1-2H3. The number of hydrogen-bond donors (Lipinski definition) is 0. The highest BCUT2D eigenvalue weighted by Crippen LogP contribution is 2.28. The van der Waals surface area contributed by atoms with Crippen LogP contribution < -0.4 is 9.64 Å². The van der Waals surface area contributed by atoms with E-state index < -0.39 is 0 Å². The third-order valence-electron chi connectivity index (χ3n) is 4.26. The van der Waals surface area contributed by atoms with Gasteiger partial charge in [0.2, 0.25) is 11.8 Å². The van der Waals surface area contributed by atoms with Crippen LogP contribution in [0.25, 0.3) is 0 Å². The third kappa shape index (κ3) is 4.71. The van der Waals surface area contributed by atoms with Crippen LogP contribution >= 0.6 is 0 Å². The SMILES string of the molecule is COc1ccccc1N(CCC(=O)N1CCCCCC1)C(C)=O. The van der Waals surface area contributed by atoms with Crippen LogP contribution in [0.5, 0.6) is 5.75 Å². The molecule has 0 N–H and O–H groups in total. The van der Waals surface area contributed by atoms with Crippen LogP contribution in [0.2, 0.25) is 0 Å². The lowest BCUT2D eigenvalue weighted by Crippen LogP contribution is -2.37. The van der Waals surface area contributed by atoms with Gasteiger partial charge in [-0.15, -0.1) is 0 Å². The molecule has 1 heterocycles. The fourth-order valence-corrected chi connectivity index (χ4v) is 2.99. The third-order valence-corrected chi connectivity index (χ3v) is 4.26. The van der Waals surface area contributed by atoms with E-state index in [2.05, 4.69) is 0 Å². The van der Waals surface area contributed by atoms with Crippen LogP contribution in [0.1, 0.15) is 39.0 Å².